The summed E-state index contributed by atoms with van der Waals surface area (Å²) < 4.78 is 4.93. The van der Waals surface area contributed by atoms with Crippen LogP contribution >= 0.6 is 0 Å². The molecule has 54 heavy (non-hydrogen) atoms. The zero-order valence-corrected chi connectivity index (χ0v) is 30.5. The van der Waals surface area contributed by atoms with Gasteiger partial charge in [0.05, 0.1) is 16.6 Å². The molecule has 0 amide bonds. The van der Waals surface area contributed by atoms with E-state index in [2.05, 4.69) is 154 Å². The van der Waals surface area contributed by atoms with Crippen LogP contribution in [0.1, 0.15) is 45.5 Å². The Morgan fingerprint density at radius 2 is 1.04 bits per heavy atom. The zero-order valence-electron chi connectivity index (χ0n) is 30.5. The monoisotopic (exact) mass is 694 g/mol. The molecule has 0 N–H and O–H groups in total. The van der Waals surface area contributed by atoms with Gasteiger partial charge in [-0.3, -0.25) is 9.97 Å². The zero-order chi connectivity index (χ0) is 35.9. The van der Waals surface area contributed by atoms with Crippen molar-refractivity contribution >= 4 is 44.4 Å². The van der Waals surface area contributed by atoms with Gasteiger partial charge in [0.2, 0.25) is 0 Å². The first-order valence-electron chi connectivity index (χ1n) is 19.1. The second-order valence-corrected chi connectivity index (χ2v) is 15.0. The first-order chi connectivity index (χ1) is 26.6. The largest absolute Gasteiger partial charge is 0.313 e. The van der Waals surface area contributed by atoms with Gasteiger partial charge in [-0.2, -0.15) is 0 Å². The van der Waals surface area contributed by atoms with E-state index >= 15 is 0 Å². The number of hydrogen-bond acceptors (Lipinski definition) is 2. The quantitative estimate of drug-likeness (QED) is 0.184. The number of pyridine rings is 2. The summed E-state index contributed by atoms with van der Waals surface area (Å²) in [5.74, 6) is 0. The number of nitrogens with zero attached hydrogens (tertiary/aromatic N) is 4. The molecule has 0 atom stereocenters. The Hall–Kier alpha value is -6.52. The van der Waals surface area contributed by atoms with Crippen molar-refractivity contribution in [2.45, 2.75) is 39.5 Å². The van der Waals surface area contributed by atoms with Crippen molar-refractivity contribution < 1.29 is 0 Å². The Kier molecular flexibility index (Phi) is 6.90. The Labute approximate surface area is 314 Å². The minimum absolute atomic E-state index is 0.991. The van der Waals surface area contributed by atoms with E-state index in [0.717, 1.165) is 37.1 Å². The van der Waals surface area contributed by atoms with E-state index in [9.17, 15) is 0 Å². The van der Waals surface area contributed by atoms with Gasteiger partial charge in [-0.05, 0) is 162 Å². The van der Waals surface area contributed by atoms with E-state index in [1.165, 1.54) is 99.6 Å². The fourth-order valence-electron chi connectivity index (χ4n) is 9.43. The van der Waals surface area contributed by atoms with E-state index in [1.54, 1.807) is 0 Å². The van der Waals surface area contributed by atoms with Crippen LogP contribution in [-0.4, -0.2) is 19.1 Å². The molecular formula is C50H38N4. The minimum atomic E-state index is 0.991. The summed E-state index contributed by atoms with van der Waals surface area (Å²) in [6, 6.07) is 43.0. The second-order valence-electron chi connectivity index (χ2n) is 15.0. The Morgan fingerprint density at radius 3 is 1.70 bits per heavy atom. The molecule has 0 unspecified atom stereocenters. The van der Waals surface area contributed by atoms with Crippen LogP contribution in [0.2, 0.25) is 0 Å². The van der Waals surface area contributed by atoms with E-state index in [-0.39, 0.29) is 0 Å². The molecule has 0 saturated heterocycles. The third-order valence-electron chi connectivity index (χ3n) is 12.0. The van der Waals surface area contributed by atoms with Crippen molar-refractivity contribution in [3.63, 3.8) is 0 Å². The first-order valence-corrected chi connectivity index (χ1v) is 19.1. The maximum Gasteiger partial charge on any atom is 0.0547 e. The second kappa shape index (κ2) is 12.0. The summed E-state index contributed by atoms with van der Waals surface area (Å²) in [7, 11) is 0. The number of rotatable bonds is 4. The van der Waals surface area contributed by atoms with E-state index < -0.39 is 0 Å². The van der Waals surface area contributed by atoms with Crippen LogP contribution in [0.15, 0.2) is 140 Å². The number of aryl methyl sites for hydroxylation is 4. The van der Waals surface area contributed by atoms with Crippen LogP contribution in [0.3, 0.4) is 0 Å². The van der Waals surface area contributed by atoms with Crippen LogP contribution in [0.5, 0.6) is 0 Å². The van der Waals surface area contributed by atoms with Crippen LogP contribution in [-0.2, 0) is 19.3 Å². The molecule has 0 radical (unpaired) electrons. The molecule has 258 valence electrons. The highest BCUT2D eigenvalue weighted by molar-refractivity contribution is 6.12. The topological polar surface area (TPSA) is 35.6 Å². The Bertz CT molecular complexity index is 3000. The molecule has 2 aliphatic carbocycles. The van der Waals surface area contributed by atoms with Crippen molar-refractivity contribution in [2.75, 3.05) is 0 Å². The molecule has 0 saturated carbocycles. The summed E-state index contributed by atoms with van der Waals surface area (Å²) in [5.41, 5.74) is 22.2. The van der Waals surface area contributed by atoms with Crippen LogP contribution in [0, 0.1) is 13.8 Å². The van der Waals surface area contributed by atoms with Gasteiger partial charge in [-0.15, -0.1) is 0 Å². The van der Waals surface area contributed by atoms with Gasteiger partial charge in [0, 0.05) is 63.6 Å². The van der Waals surface area contributed by atoms with Crippen molar-refractivity contribution in [3.05, 3.63) is 179 Å². The van der Waals surface area contributed by atoms with Gasteiger partial charge in [0.1, 0.15) is 0 Å². The van der Waals surface area contributed by atoms with Crippen molar-refractivity contribution in [2.24, 2.45) is 0 Å². The highest BCUT2D eigenvalue weighted by Gasteiger charge is 2.27. The van der Waals surface area contributed by atoms with Crippen LogP contribution < -0.4 is 0 Å². The molecule has 0 bridgehead atoms. The maximum absolute atomic E-state index is 4.38. The van der Waals surface area contributed by atoms with Crippen molar-refractivity contribution in [3.8, 4) is 33.6 Å². The molecule has 2 aliphatic rings. The fraction of sp³-hybridized carbons (Fsp3) is 0.120. The summed E-state index contributed by atoms with van der Waals surface area (Å²) in [5, 5.41) is 3.91. The molecule has 4 aromatic heterocycles. The number of hydrogen-bond donors (Lipinski definition) is 0. The first kappa shape index (κ1) is 31.0. The minimum Gasteiger partial charge on any atom is -0.313 e. The van der Waals surface area contributed by atoms with Crippen molar-refractivity contribution in [1.82, 2.24) is 19.1 Å². The number of allylic oxidation sites excluding steroid dienone is 1. The molecule has 4 nitrogen and oxygen atoms in total. The molecule has 9 aromatic rings. The summed E-state index contributed by atoms with van der Waals surface area (Å²) >= 11 is 0. The summed E-state index contributed by atoms with van der Waals surface area (Å²) in [6.45, 7) is 4.43. The average molecular weight is 695 g/mol. The van der Waals surface area contributed by atoms with E-state index in [0.29, 0.717) is 0 Å². The highest BCUT2D eigenvalue weighted by atomic mass is 15.0. The van der Waals surface area contributed by atoms with Gasteiger partial charge in [0.25, 0.3) is 0 Å². The maximum atomic E-state index is 4.38. The molecule has 0 aliphatic heterocycles. The summed E-state index contributed by atoms with van der Waals surface area (Å²) in [4.78, 5) is 8.76. The predicted octanol–water partition coefficient (Wildman–Crippen LogP) is 12.1. The molecule has 11 rings (SSSR count). The lowest BCUT2D eigenvalue weighted by Gasteiger charge is -2.21. The lowest BCUT2D eigenvalue weighted by atomic mass is 9.83. The normalized spacial score (nSPS) is 13.6. The third-order valence-corrected chi connectivity index (χ3v) is 12.0. The number of benzene rings is 5. The Balaban J connectivity index is 1.16. The Morgan fingerprint density at radius 1 is 0.463 bits per heavy atom. The molecule has 0 fully saturated rings. The lowest BCUT2D eigenvalue weighted by Crippen LogP contribution is -2.06. The van der Waals surface area contributed by atoms with E-state index in [4.69, 9.17) is 0 Å². The summed E-state index contributed by atoms with van der Waals surface area (Å²) in [6.07, 6.45) is 14.1. The van der Waals surface area contributed by atoms with Gasteiger partial charge in [-0.1, -0.05) is 54.6 Å². The molecular weight excluding hydrogens is 657 g/mol. The molecule has 4 heteroatoms. The van der Waals surface area contributed by atoms with Gasteiger partial charge < -0.3 is 9.13 Å². The highest BCUT2D eigenvalue weighted by Crippen LogP contribution is 2.46. The fourth-order valence-corrected chi connectivity index (χ4v) is 9.43. The molecule has 5 aromatic carbocycles. The molecule has 0 spiro atoms. The SMILES string of the molecule is Cc1ccccc1C1=Cc2c(n(-c3ccncc3)c3cc4c(cc23)CCc2cc3c5cc(-c6ccccc6C)ccc5n(-c5ccncc5)c3cc2-4)CC1. The standard InChI is InChI=1S/C50H38N4/c1-31-7-3-5-9-39(31)33-13-15-47-43(25-33)45-27-35-11-12-36-28-46-44-26-34(40-10-6-4-8-32(40)2)14-16-48(44)54(38-19-23-52-24-20-38)50(46)30-42(36)41(35)29-49(45)53(47)37-17-21-51-22-18-37/h3-10,13,15,17-30H,11-12,14,16H2,1-2H3. The van der Waals surface area contributed by atoms with Gasteiger partial charge in [-0.25, -0.2) is 0 Å². The van der Waals surface area contributed by atoms with E-state index in [1.807, 2.05) is 24.8 Å². The van der Waals surface area contributed by atoms with Crippen LogP contribution in [0.4, 0.5) is 0 Å². The smallest absolute Gasteiger partial charge is 0.0547 e. The van der Waals surface area contributed by atoms with Gasteiger partial charge >= 0.3 is 0 Å². The number of fused-ring (bicyclic) bond motifs is 9. The third kappa shape index (κ3) is 4.69. The lowest BCUT2D eigenvalue weighted by molar-refractivity contribution is 0.895. The van der Waals surface area contributed by atoms with Crippen LogP contribution in [0.25, 0.3) is 78.0 Å². The average Bonchev–Trinajstić information content (AvgIpc) is 3.71. The number of aromatic nitrogens is 4. The van der Waals surface area contributed by atoms with Crippen molar-refractivity contribution in [1.29, 1.82) is 0 Å². The van der Waals surface area contributed by atoms with Gasteiger partial charge in [0.15, 0.2) is 0 Å². The molecule has 4 heterocycles. The predicted molar refractivity (Wildman–Crippen MR) is 224 cm³/mol.